The first-order valence-corrected chi connectivity index (χ1v) is 17.5. The largest absolute Gasteiger partial charge is 0.495 e. The average molecular weight is 717 g/mol. The zero-order chi connectivity index (χ0) is 35.3. The van der Waals surface area contributed by atoms with Crippen molar-refractivity contribution in [3.63, 3.8) is 0 Å². The number of amides is 3. The molecule has 3 amide bonds. The van der Waals surface area contributed by atoms with Gasteiger partial charge in [-0.3, -0.25) is 18.6 Å². The number of aromatic carboxylic acids is 1. The third-order valence-corrected chi connectivity index (χ3v) is 10.3. The minimum atomic E-state index is -2.34. The standard InChI is InChI=1S/C35H39Cl2N3O7S/c1-20(2)29(19-48(46)39-21(3)41)40-32(22-9-12-25(36)13-10-22)27(23-7-6-8-26(37)15-23)17-35(4,34(40)45)18-31(42)38-28-14-11-24(33(43)44)16-30(28)47-5/h6-16,20,27,29,32,48H,17-19H2,1-5H3,(H,38,42)(H,43,44)/t27-,29?,32-,35-/m1/s1. The Bertz CT molecular complexity index is 1790. The van der Waals surface area contributed by atoms with Crippen LogP contribution in [0.5, 0.6) is 5.75 Å². The fourth-order valence-electron chi connectivity index (χ4n) is 6.37. The molecular formula is C35H39Cl2N3O7S. The summed E-state index contributed by atoms with van der Waals surface area (Å²) >= 11 is 12.8. The smallest absolute Gasteiger partial charge is 0.335 e. The second kappa shape index (κ2) is 15.5. The number of ether oxygens (including phenoxy) is 1. The topological polar surface area (TPSA) is 142 Å². The van der Waals surface area contributed by atoms with Crippen LogP contribution in [0.3, 0.4) is 0 Å². The van der Waals surface area contributed by atoms with Crippen LogP contribution in [-0.4, -0.2) is 56.8 Å². The molecule has 3 aromatic rings. The lowest BCUT2D eigenvalue weighted by Gasteiger charge is -2.52. The number of methoxy groups -OCH3 is 1. The Kier molecular flexibility index (Phi) is 11.9. The van der Waals surface area contributed by atoms with Gasteiger partial charge in [-0.2, -0.15) is 4.36 Å². The number of likely N-dealkylation sites (tertiary alicyclic amines) is 1. The number of nitrogens with zero attached hydrogens (tertiary/aromatic N) is 2. The number of carbonyl (C=O) groups excluding carboxylic acids is 3. The van der Waals surface area contributed by atoms with Crippen LogP contribution in [0.2, 0.25) is 10.0 Å². The van der Waals surface area contributed by atoms with Crippen molar-refractivity contribution < 1.29 is 33.2 Å². The molecule has 2 N–H and O–H groups in total. The third kappa shape index (κ3) is 8.56. The molecule has 0 aliphatic carbocycles. The van der Waals surface area contributed by atoms with Crippen LogP contribution in [0.25, 0.3) is 0 Å². The maximum atomic E-state index is 14.9. The van der Waals surface area contributed by atoms with Gasteiger partial charge in [-0.25, -0.2) is 4.79 Å². The van der Waals surface area contributed by atoms with Crippen LogP contribution in [0.1, 0.15) is 74.0 Å². The van der Waals surface area contributed by atoms with E-state index in [9.17, 15) is 28.5 Å². The normalized spacial score (nSPS) is 20.8. The second-order valence-electron chi connectivity index (χ2n) is 12.5. The van der Waals surface area contributed by atoms with Crippen molar-refractivity contribution in [1.82, 2.24) is 4.90 Å². The van der Waals surface area contributed by atoms with Crippen molar-refractivity contribution in [3.05, 3.63) is 93.5 Å². The summed E-state index contributed by atoms with van der Waals surface area (Å²) < 4.78 is 22.2. The summed E-state index contributed by atoms with van der Waals surface area (Å²) in [5, 5.41) is 13.2. The van der Waals surface area contributed by atoms with Crippen LogP contribution in [0.4, 0.5) is 5.69 Å². The molecule has 48 heavy (non-hydrogen) atoms. The number of nitrogens with one attached hydrogen (secondary N) is 1. The maximum Gasteiger partial charge on any atom is 0.335 e. The van der Waals surface area contributed by atoms with Gasteiger partial charge in [-0.15, -0.1) is 0 Å². The van der Waals surface area contributed by atoms with Crippen LogP contribution in [0.15, 0.2) is 71.1 Å². The van der Waals surface area contributed by atoms with E-state index in [2.05, 4.69) is 9.68 Å². The molecule has 0 saturated carbocycles. The summed E-state index contributed by atoms with van der Waals surface area (Å²) in [7, 11) is -0.979. The molecule has 0 spiro atoms. The van der Waals surface area contributed by atoms with Crippen LogP contribution in [-0.2, 0) is 25.0 Å². The van der Waals surface area contributed by atoms with Gasteiger partial charge in [0.1, 0.15) is 5.75 Å². The monoisotopic (exact) mass is 715 g/mol. The van der Waals surface area contributed by atoms with Crippen molar-refractivity contribution >= 4 is 63.2 Å². The van der Waals surface area contributed by atoms with E-state index in [1.54, 1.807) is 30.0 Å². The van der Waals surface area contributed by atoms with E-state index in [0.717, 1.165) is 11.1 Å². The Morgan fingerprint density at radius 2 is 1.75 bits per heavy atom. The van der Waals surface area contributed by atoms with E-state index in [1.165, 1.54) is 32.2 Å². The van der Waals surface area contributed by atoms with Gasteiger partial charge in [0.05, 0.1) is 35.6 Å². The van der Waals surface area contributed by atoms with Gasteiger partial charge in [0, 0.05) is 45.9 Å². The average Bonchev–Trinajstić information content (AvgIpc) is 3.01. The number of thiol groups is 1. The number of anilines is 1. The molecule has 1 saturated heterocycles. The lowest BCUT2D eigenvalue weighted by molar-refractivity contribution is -0.157. The highest BCUT2D eigenvalue weighted by Gasteiger charge is 2.53. The number of carboxylic acids is 1. The van der Waals surface area contributed by atoms with E-state index < -0.39 is 45.9 Å². The molecule has 1 aliphatic heterocycles. The lowest BCUT2D eigenvalue weighted by atomic mass is 9.66. The van der Waals surface area contributed by atoms with Gasteiger partial charge in [0.15, 0.2) is 0 Å². The Labute approximate surface area is 292 Å². The van der Waals surface area contributed by atoms with Crippen LogP contribution < -0.4 is 10.1 Å². The SMILES string of the molecule is COc1cc(C(=O)O)ccc1NC(=O)C[C@@]1(C)C[C@H](c2cccc(Cl)c2)[C@@H](c2ccc(Cl)cc2)N(C(C[SH](=O)=NC(C)=O)C(C)C)C1=O. The van der Waals surface area contributed by atoms with E-state index >= 15 is 0 Å². The van der Waals surface area contributed by atoms with E-state index in [-0.39, 0.29) is 53.3 Å². The highest BCUT2D eigenvalue weighted by atomic mass is 35.5. The molecule has 1 aliphatic rings. The number of carboxylic acid groups (broad SMARTS) is 1. The van der Waals surface area contributed by atoms with E-state index in [0.29, 0.717) is 10.0 Å². The molecule has 10 nitrogen and oxygen atoms in total. The first-order valence-electron chi connectivity index (χ1n) is 15.3. The number of hydrogen-bond acceptors (Lipinski definition) is 6. The molecule has 2 unspecified atom stereocenters. The molecule has 3 aromatic carbocycles. The molecule has 13 heteroatoms. The third-order valence-electron chi connectivity index (χ3n) is 8.59. The minimum Gasteiger partial charge on any atom is -0.495 e. The summed E-state index contributed by atoms with van der Waals surface area (Å²) in [5.74, 6) is -3.00. The quantitative estimate of drug-likeness (QED) is 0.181. The minimum absolute atomic E-state index is 0.0120. The second-order valence-corrected chi connectivity index (χ2v) is 14.7. The molecule has 1 heterocycles. The predicted octanol–water partition coefficient (Wildman–Crippen LogP) is 7.03. The molecule has 1 fully saturated rings. The van der Waals surface area contributed by atoms with Crippen LogP contribution >= 0.6 is 23.2 Å². The lowest BCUT2D eigenvalue weighted by Crippen LogP contribution is -2.58. The molecule has 0 bridgehead atoms. The number of benzene rings is 3. The van der Waals surface area contributed by atoms with Gasteiger partial charge < -0.3 is 20.1 Å². The fraction of sp³-hybridized carbons (Fsp3) is 0.371. The van der Waals surface area contributed by atoms with Crippen LogP contribution in [0, 0.1) is 11.3 Å². The summed E-state index contributed by atoms with van der Waals surface area (Å²) in [4.78, 5) is 53.6. The van der Waals surface area contributed by atoms with Gasteiger partial charge in [0.25, 0.3) is 0 Å². The van der Waals surface area contributed by atoms with Crippen molar-refractivity contribution in [2.75, 3.05) is 18.2 Å². The Hall–Kier alpha value is -3.93. The molecule has 0 radical (unpaired) electrons. The van der Waals surface area contributed by atoms with Gasteiger partial charge in [-0.05, 0) is 65.9 Å². The highest BCUT2D eigenvalue weighted by Crippen LogP contribution is 2.52. The molecule has 5 atom stereocenters. The van der Waals surface area contributed by atoms with Gasteiger partial charge in [-0.1, -0.05) is 68.2 Å². The Balaban J connectivity index is 1.85. The Morgan fingerprint density at radius 3 is 2.33 bits per heavy atom. The van der Waals surface area contributed by atoms with Crippen molar-refractivity contribution in [2.45, 2.75) is 58.5 Å². The predicted molar refractivity (Wildman–Crippen MR) is 187 cm³/mol. The number of rotatable bonds is 11. The van der Waals surface area contributed by atoms with Crippen molar-refractivity contribution in [2.24, 2.45) is 15.7 Å². The first kappa shape index (κ1) is 36.9. The van der Waals surface area contributed by atoms with E-state index in [4.69, 9.17) is 27.9 Å². The summed E-state index contributed by atoms with van der Waals surface area (Å²) in [6.45, 7) is 6.79. The Morgan fingerprint density at radius 1 is 1.06 bits per heavy atom. The number of halogens is 2. The van der Waals surface area contributed by atoms with Crippen molar-refractivity contribution in [3.8, 4) is 5.75 Å². The summed E-state index contributed by atoms with van der Waals surface area (Å²) in [6.07, 6.45) is 0.0264. The molecule has 0 aromatic heterocycles. The van der Waals surface area contributed by atoms with E-state index in [1.807, 2.05) is 44.2 Å². The zero-order valence-electron chi connectivity index (χ0n) is 27.3. The summed E-state index contributed by atoms with van der Waals surface area (Å²) in [6, 6.07) is 17.4. The first-order chi connectivity index (χ1) is 22.6. The number of piperidine rings is 1. The van der Waals surface area contributed by atoms with Gasteiger partial charge in [0.2, 0.25) is 17.7 Å². The molecule has 4 rings (SSSR count). The van der Waals surface area contributed by atoms with Gasteiger partial charge >= 0.3 is 5.97 Å². The highest BCUT2D eigenvalue weighted by molar-refractivity contribution is 7.75. The number of carbonyl (C=O) groups is 4. The molecular weight excluding hydrogens is 677 g/mol. The van der Waals surface area contributed by atoms with Crippen molar-refractivity contribution in [1.29, 1.82) is 0 Å². The maximum absolute atomic E-state index is 14.9. The number of hydrogen-bond donors (Lipinski definition) is 3. The fourth-order valence-corrected chi connectivity index (χ4v) is 8.00. The summed E-state index contributed by atoms with van der Waals surface area (Å²) in [5.41, 5.74) is 0.617. The molecule has 256 valence electrons. The zero-order valence-corrected chi connectivity index (χ0v) is 29.7.